The highest BCUT2D eigenvalue weighted by Gasteiger charge is 2.26. The van der Waals surface area contributed by atoms with Crippen molar-refractivity contribution in [2.24, 2.45) is 0 Å². The molecular formula is C18H20N3OS+. The third-order valence-electron chi connectivity index (χ3n) is 4.82. The third kappa shape index (κ3) is 2.60. The van der Waals surface area contributed by atoms with Gasteiger partial charge in [-0.25, -0.2) is 4.98 Å². The van der Waals surface area contributed by atoms with Crippen LogP contribution in [0.1, 0.15) is 31.6 Å². The molecule has 4 nitrogen and oxygen atoms in total. The summed E-state index contributed by atoms with van der Waals surface area (Å²) >= 11 is 1.56. The monoisotopic (exact) mass is 326 g/mol. The Bertz CT molecular complexity index is 878. The maximum Gasteiger partial charge on any atom is 0.260 e. The number of aromatic amines is 1. The average Bonchev–Trinajstić information content (AvgIpc) is 3.24. The highest BCUT2D eigenvalue weighted by Crippen LogP contribution is 2.30. The van der Waals surface area contributed by atoms with E-state index in [0.717, 1.165) is 21.8 Å². The van der Waals surface area contributed by atoms with Gasteiger partial charge >= 0.3 is 0 Å². The molecule has 5 heteroatoms. The van der Waals surface area contributed by atoms with E-state index in [4.69, 9.17) is 4.98 Å². The molecule has 118 valence electrons. The van der Waals surface area contributed by atoms with Crippen LogP contribution in [-0.2, 0) is 0 Å². The number of nitrogens with one attached hydrogen (secondary N) is 2. The molecule has 0 bridgehead atoms. The van der Waals surface area contributed by atoms with Gasteiger partial charge in [-0.15, -0.1) is 11.3 Å². The molecule has 0 saturated carbocycles. The summed E-state index contributed by atoms with van der Waals surface area (Å²) in [7, 11) is 0. The highest BCUT2D eigenvalue weighted by molar-refractivity contribution is 7.17. The second-order valence-electron chi connectivity index (χ2n) is 6.23. The van der Waals surface area contributed by atoms with E-state index in [1.165, 1.54) is 30.8 Å². The largest absolute Gasteiger partial charge is 0.326 e. The van der Waals surface area contributed by atoms with Gasteiger partial charge in [0.2, 0.25) is 0 Å². The average molecular weight is 326 g/mol. The summed E-state index contributed by atoms with van der Waals surface area (Å²) in [6, 6.07) is 10.3. The van der Waals surface area contributed by atoms with E-state index in [0.29, 0.717) is 5.39 Å². The summed E-state index contributed by atoms with van der Waals surface area (Å²) in [5, 5.41) is 2.76. The molecule has 0 unspecified atom stereocenters. The van der Waals surface area contributed by atoms with Crippen molar-refractivity contribution in [2.75, 3.05) is 13.1 Å². The molecule has 0 aliphatic carbocycles. The van der Waals surface area contributed by atoms with Gasteiger partial charge in [0.05, 0.1) is 18.5 Å². The number of hydrogen-bond donors (Lipinski definition) is 2. The molecule has 23 heavy (non-hydrogen) atoms. The maximum atomic E-state index is 12.7. The SMILES string of the molecule is C[C@@H](c1nc2scc(-c3ccccc3)c2c(=O)[nH]1)[NH+]1CCCC1. The second-order valence-corrected chi connectivity index (χ2v) is 7.09. The van der Waals surface area contributed by atoms with E-state index in [1.807, 2.05) is 35.7 Å². The van der Waals surface area contributed by atoms with Crippen LogP contribution in [0.2, 0.25) is 0 Å². The van der Waals surface area contributed by atoms with Crippen molar-refractivity contribution in [3.8, 4) is 11.1 Å². The molecule has 1 aromatic carbocycles. The fourth-order valence-electron chi connectivity index (χ4n) is 3.46. The highest BCUT2D eigenvalue weighted by atomic mass is 32.1. The first-order chi connectivity index (χ1) is 11.2. The lowest BCUT2D eigenvalue weighted by Gasteiger charge is -2.19. The van der Waals surface area contributed by atoms with Crippen molar-refractivity contribution >= 4 is 21.6 Å². The van der Waals surface area contributed by atoms with Crippen LogP contribution in [0, 0.1) is 0 Å². The lowest BCUT2D eigenvalue weighted by Crippen LogP contribution is -3.10. The van der Waals surface area contributed by atoms with Crippen LogP contribution in [0.4, 0.5) is 0 Å². The minimum absolute atomic E-state index is 0.0180. The van der Waals surface area contributed by atoms with Crippen LogP contribution >= 0.6 is 11.3 Å². The van der Waals surface area contributed by atoms with Gasteiger partial charge in [-0.05, 0) is 12.5 Å². The zero-order chi connectivity index (χ0) is 15.8. The predicted octanol–water partition coefficient (Wildman–Crippen LogP) is 2.39. The van der Waals surface area contributed by atoms with Crippen molar-refractivity contribution in [3.63, 3.8) is 0 Å². The van der Waals surface area contributed by atoms with Crippen LogP contribution in [-0.4, -0.2) is 23.1 Å². The number of nitrogens with zero attached hydrogens (tertiary/aromatic N) is 1. The molecule has 1 saturated heterocycles. The Labute approximate surface area is 138 Å². The molecular weight excluding hydrogens is 306 g/mol. The molecule has 1 atom stereocenters. The Morgan fingerprint density at radius 3 is 2.70 bits per heavy atom. The van der Waals surface area contributed by atoms with E-state index in [9.17, 15) is 4.79 Å². The standard InChI is InChI=1S/C18H19N3OS/c1-12(21-9-5-6-10-21)16-19-17(22)15-14(11-23-18(15)20-16)13-7-3-2-4-8-13/h2-4,7-8,11-12H,5-6,9-10H2,1H3,(H,19,20,22)/p+1/t12-/m0/s1. The first-order valence-corrected chi connectivity index (χ1v) is 9.03. The van der Waals surface area contributed by atoms with Crippen molar-refractivity contribution < 1.29 is 4.90 Å². The number of fused-ring (bicyclic) bond motifs is 1. The molecule has 0 radical (unpaired) electrons. The van der Waals surface area contributed by atoms with Crippen molar-refractivity contribution in [2.45, 2.75) is 25.8 Å². The van der Waals surface area contributed by atoms with E-state index < -0.39 is 0 Å². The number of benzene rings is 1. The summed E-state index contributed by atoms with van der Waals surface area (Å²) < 4.78 is 0. The van der Waals surface area contributed by atoms with E-state index in [2.05, 4.69) is 11.9 Å². The Balaban J connectivity index is 1.79. The van der Waals surface area contributed by atoms with Gasteiger partial charge in [-0.1, -0.05) is 30.3 Å². The minimum Gasteiger partial charge on any atom is -0.326 e. The van der Waals surface area contributed by atoms with Crippen LogP contribution in [0.25, 0.3) is 21.3 Å². The number of thiophene rings is 1. The molecule has 1 fully saturated rings. The molecule has 1 aliphatic heterocycles. The zero-order valence-corrected chi connectivity index (χ0v) is 14.0. The van der Waals surface area contributed by atoms with Crippen molar-refractivity contribution in [1.82, 2.24) is 9.97 Å². The minimum atomic E-state index is -0.0180. The molecule has 4 rings (SSSR count). The summed E-state index contributed by atoms with van der Waals surface area (Å²) in [6.45, 7) is 4.50. The molecule has 2 N–H and O–H groups in total. The topological polar surface area (TPSA) is 50.2 Å². The molecule has 2 aromatic heterocycles. The van der Waals surface area contributed by atoms with Gasteiger partial charge in [-0.2, -0.15) is 0 Å². The van der Waals surface area contributed by atoms with Crippen molar-refractivity contribution in [3.05, 3.63) is 51.9 Å². The van der Waals surface area contributed by atoms with Gasteiger partial charge in [0.15, 0.2) is 5.82 Å². The fourth-order valence-corrected chi connectivity index (χ4v) is 4.41. The number of rotatable bonds is 3. The smallest absolute Gasteiger partial charge is 0.260 e. The lowest BCUT2D eigenvalue weighted by atomic mass is 10.1. The fraction of sp³-hybridized carbons (Fsp3) is 0.333. The number of quaternary nitrogens is 1. The summed E-state index contributed by atoms with van der Waals surface area (Å²) in [4.78, 5) is 22.8. The van der Waals surface area contributed by atoms with Crippen LogP contribution < -0.4 is 10.5 Å². The lowest BCUT2D eigenvalue weighted by molar-refractivity contribution is -0.918. The van der Waals surface area contributed by atoms with Gasteiger partial charge < -0.3 is 9.88 Å². The van der Waals surface area contributed by atoms with Gasteiger partial charge in [-0.3, -0.25) is 4.79 Å². The van der Waals surface area contributed by atoms with Crippen LogP contribution in [0.15, 0.2) is 40.5 Å². The Morgan fingerprint density at radius 1 is 1.22 bits per heavy atom. The number of likely N-dealkylation sites (tertiary alicyclic amines) is 1. The number of aromatic nitrogens is 2. The molecule has 0 amide bonds. The van der Waals surface area contributed by atoms with E-state index >= 15 is 0 Å². The number of H-pyrrole nitrogens is 1. The van der Waals surface area contributed by atoms with Gasteiger partial charge in [0.25, 0.3) is 5.56 Å². The van der Waals surface area contributed by atoms with E-state index in [1.54, 1.807) is 11.3 Å². The number of hydrogen-bond acceptors (Lipinski definition) is 3. The van der Waals surface area contributed by atoms with E-state index in [-0.39, 0.29) is 11.6 Å². The van der Waals surface area contributed by atoms with Crippen LogP contribution in [0.3, 0.4) is 0 Å². The third-order valence-corrected chi connectivity index (χ3v) is 5.69. The first-order valence-electron chi connectivity index (χ1n) is 8.15. The van der Waals surface area contributed by atoms with Gasteiger partial charge in [0, 0.05) is 23.8 Å². The molecule has 3 aromatic rings. The normalized spacial score (nSPS) is 16.9. The molecule has 3 heterocycles. The summed E-state index contributed by atoms with van der Waals surface area (Å²) in [5.74, 6) is 0.820. The Morgan fingerprint density at radius 2 is 1.96 bits per heavy atom. The summed E-state index contributed by atoms with van der Waals surface area (Å²) in [6.07, 6.45) is 2.53. The van der Waals surface area contributed by atoms with Crippen LogP contribution in [0.5, 0.6) is 0 Å². The predicted molar refractivity (Wildman–Crippen MR) is 94.0 cm³/mol. The van der Waals surface area contributed by atoms with Gasteiger partial charge in [0.1, 0.15) is 10.9 Å². The summed E-state index contributed by atoms with van der Waals surface area (Å²) in [5.41, 5.74) is 2.03. The maximum absolute atomic E-state index is 12.7. The first kappa shape index (κ1) is 14.6. The Kier molecular flexibility index (Phi) is 3.75. The van der Waals surface area contributed by atoms with Crippen molar-refractivity contribution in [1.29, 1.82) is 0 Å². The molecule has 1 aliphatic rings. The Hall–Kier alpha value is -1.98. The quantitative estimate of drug-likeness (QED) is 0.776. The molecule has 0 spiro atoms. The zero-order valence-electron chi connectivity index (χ0n) is 13.1. The second kappa shape index (κ2) is 5.91.